The molecule has 1 fully saturated rings. The van der Waals surface area contributed by atoms with Crippen molar-refractivity contribution >= 4 is 22.8 Å². The van der Waals surface area contributed by atoms with E-state index in [2.05, 4.69) is 54.4 Å². The van der Waals surface area contributed by atoms with Crippen LogP contribution in [0.3, 0.4) is 0 Å². The SMILES string of the molecule is Cn1c(-c2ccncc2)nc2cnc(Nc3ccc(CN4CCOCC4)cc3)nc21. The number of morpholine rings is 1. The van der Waals surface area contributed by atoms with E-state index in [1.807, 2.05) is 23.7 Å². The van der Waals surface area contributed by atoms with E-state index in [-0.39, 0.29) is 0 Å². The summed E-state index contributed by atoms with van der Waals surface area (Å²) in [6.45, 7) is 4.55. The second kappa shape index (κ2) is 8.17. The molecule has 1 saturated heterocycles. The van der Waals surface area contributed by atoms with Crippen molar-refractivity contribution in [3.8, 4) is 11.4 Å². The van der Waals surface area contributed by atoms with Crippen molar-refractivity contribution in [2.24, 2.45) is 7.05 Å². The van der Waals surface area contributed by atoms with Crippen LogP contribution in [0.4, 0.5) is 11.6 Å². The van der Waals surface area contributed by atoms with E-state index in [1.54, 1.807) is 18.6 Å². The molecular formula is C22H23N7O. The van der Waals surface area contributed by atoms with Gasteiger partial charge in [-0.3, -0.25) is 9.88 Å². The number of aromatic nitrogens is 5. The van der Waals surface area contributed by atoms with Crippen LogP contribution < -0.4 is 5.32 Å². The molecule has 0 spiro atoms. The standard InChI is InChI=1S/C22H23N7O/c1-28-20(17-6-8-23-9-7-17)26-19-14-24-22(27-21(19)28)25-18-4-2-16(3-5-18)15-29-10-12-30-13-11-29/h2-9,14H,10-13,15H2,1H3,(H,24,25,27). The summed E-state index contributed by atoms with van der Waals surface area (Å²) in [5, 5.41) is 3.30. The number of aryl methyl sites for hydroxylation is 1. The molecule has 152 valence electrons. The molecule has 0 aliphatic carbocycles. The Kier molecular flexibility index (Phi) is 5.08. The van der Waals surface area contributed by atoms with Gasteiger partial charge in [-0.1, -0.05) is 12.1 Å². The van der Waals surface area contributed by atoms with E-state index in [0.29, 0.717) is 5.95 Å². The van der Waals surface area contributed by atoms with Gasteiger partial charge >= 0.3 is 0 Å². The molecule has 30 heavy (non-hydrogen) atoms. The van der Waals surface area contributed by atoms with Crippen LogP contribution in [0.5, 0.6) is 0 Å². The van der Waals surface area contributed by atoms with Gasteiger partial charge in [-0.05, 0) is 29.8 Å². The number of rotatable bonds is 5. The van der Waals surface area contributed by atoms with Gasteiger partial charge in [0, 0.05) is 50.3 Å². The lowest BCUT2D eigenvalue weighted by atomic mass is 10.2. The summed E-state index contributed by atoms with van der Waals surface area (Å²) in [6, 6.07) is 12.3. The number of imidazole rings is 1. The zero-order valence-electron chi connectivity index (χ0n) is 16.8. The number of fused-ring (bicyclic) bond motifs is 1. The molecule has 0 unspecified atom stereocenters. The van der Waals surface area contributed by atoms with E-state index in [4.69, 9.17) is 4.74 Å². The number of pyridine rings is 1. The Morgan fingerprint density at radius 2 is 1.77 bits per heavy atom. The largest absolute Gasteiger partial charge is 0.379 e. The van der Waals surface area contributed by atoms with Gasteiger partial charge in [-0.15, -0.1) is 0 Å². The van der Waals surface area contributed by atoms with E-state index >= 15 is 0 Å². The van der Waals surface area contributed by atoms with E-state index in [9.17, 15) is 0 Å². The Bertz CT molecular complexity index is 1140. The first-order valence-electron chi connectivity index (χ1n) is 10.0. The molecule has 0 amide bonds. The van der Waals surface area contributed by atoms with Crippen LogP contribution >= 0.6 is 0 Å². The van der Waals surface area contributed by atoms with Crippen LogP contribution in [0.25, 0.3) is 22.6 Å². The molecule has 0 bridgehead atoms. The smallest absolute Gasteiger partial charge is 0.229 e. The first-order valence-corrected chi connectivity index (χ1v) is 10.0. The lowest BCUT2D eigenvalue weighted by Gasteiger charge is -2.26. The molecule has 0 saturated carbocycles. The molecule has 4 heterocycles. The Balaban J connectivity index is 1.33. The molecule has 5 rings (SSSR count). The van der Waals surface area contributed by atoms with Gasteiger partial charge in [0.15, 0.2) is 5.65 Å². The van der Waals surface area contributed by atoms with Crippen molar-refractivity contribution in [2.45, 2.75) is 6.54 Å². The van der Waals surface area contributed by atoms with Crippen molar-refractivity contribution in [1.29, 1.82) is 0 Å². The quantitative estimate of drug-likeness (QED) is 0.551. The molecule has 4 aromatic rings. The predicted octanol–water partition coefficient (Wildman–Crippen LogP) is 3.00. The monoisotopic (exact) mass is 401 g/mol. The second-order valence-corrected chi connectivity index (χ2v) is 7.34. The molecule has 0 radical (unpaired) electrons. The molecule has 3 aromatic heterocycles. The normalized spacial score (nSPS) is 14.8. The average molecular weight is 401 g/mol. The Hall–Kier alpha value is -3.36. The van der Waals surface area contributed by atoms with Crippen LogP contribution in [0.2, 0.25) is 0 Å². The summed E-state index contributed by atoms with van der Waals surface area (Å²) >= 11 is 0. The minimum absolute atomic E-state index is 0.549. The molecule has 1 aliphatic rings. The molecule has 8 nitrogen and oxygen atoms in total. The first-order chi connectivity index (χ1) is 14.8. The maximum Gasteiger partial charge on any atom is 0.229 e. The van der Waals surface area contributed by atoms with Crippen molar-refractivity contribution in [2.75, 3.05) is 31.6 Å². The van der Waals surface area contributed by atoms with Gasteiger partial charge in [0.2, 0.25) is 5.95 Å². The third-order valence-corrected chi connectivity index (χ3v) is 5.27. The lowest BCUT2D eigenvalue weighted by molar-refractivity contribution is 0.0342. The van der Waals surface area contributed by atoms with Gasteiger partial charge in [0.25, 0.3) is 0 Å². The van der Waals surface area contributed by atoms with Crippen molar-refractivity contribution in [3.05, 3.63) is 60.6 Å². The van der Waals surface area contributed by atoms with E-state index in [1.165, 1.54) is 5.56 Å². The number of hydrogen-bond donors (Lipinski definition) is 1. The maximum absolute atomic E-state index is 5.41. The highest BCUT2D eigenvalue weighted by Crippen LogP contribution is 2.23. The summed E-state index contributed by atoms with van der Waals surface area (Å²) in [6.07, 6.45) is 5.27. The number of nitrogens with one attached hydrogen (secondary N) is 1. The predicted molar refractivity (Wildman–Crippen MR) is 115 cm³/mol. The summed E-state index contributed by atoms with van der Waals surface area (Å²) in [5.41, 5.74) is 4.78. The van der Waals surface area contributed by atoms with Crippen LogP contribution in [0.1, 0.15) is 5.56 Å². The van der Waals surface area contributed by atoms with Crippen LogP contribution in [-0.2, 0) is 18.3 Å². The van der Waals surface area contributed by atoms with Crippen LogP contribution in [0, 0.1) is 0 Å². The molecular weight excluding hydrogens is 378 g/mol. The van der Waals surface area contributed by atoms with Gasteiger partial charge < -0.3 is 14.6 Å². The Morgan fingerprint density at radius 3 is 2.53 bits per heavy atom. The van der Waals surface area contributed by atoms with Crippen molar-refractivity contribution in [3.63, 3.8) is 0 Å². The number of benzene rings is 1. The fraction of sp³-hybridized carbons (Fsp3) is 0.273. The number of anilines is 2. The summed E-state index contributed by atoms with van der Waals surface area (Å²) in [5.74, 6) is 1.39. The lowest BCUT2D eigenvalue weighted by Crippen LogP contribution is -2.35. The summed E-state index contributed by atoms with van der Waals surface area (Å²) in [4.78, 5) is 20.3. The van der Waals surface area contributed by atoms with Crippen molar-refractivity contribution in [1.82, 2.24) is 29.4 Å². The third-order valence-electron chi connectivity index (χ3n) is 5.27. The van der Waals surface area contributed by atoms with Gasteiger partial charge in [0.1, 0.15) is 11.3 Å². The maximum atomic E-state index is 5.41. The molecule has 0 atom stereocenters. The minimum Gasteiger partial charge on any atom is -0.379 e. The Morgan fingerprint density at radius 1 is 1.00 bits per heavy atom. The fourth-order valence-electron chi connectivity index (χ4n) is 3.64. The highest BCUT2D eigenvalue weighted by molar-refractivity contribution is 5.77. The van der Waals surface area contributed by atoms with Gasteiger partial charge in [-0.25, -0.2) is 9.97 Å². The first kappa shape index (κ1) is 18.7. The topological polar surface area (TPSA) is 81.0 Å². The zero-order chi connectivity index (χ0) is 20.3. The fourth-order valence-corrected chi connectivity index (χ4v) is 3.64. The van der Waals surface area contributed by atoms with Crippen molar-refractivity contribution < 1.29 is 4.74 Å². The van der Waals surface area contributed by atoms with Crippen LogP contribution in [-0.4, -0.2) is 55.7 Å². The molecule has 1 aliphatic heterocycles. The average Bonchev–Trinajstić information content (AvgIpc) is 3.12. The molecule has 1 N–H and O–H groups in total. The number of hydrogen-bond acceptors (Lipinski definition) is 7. The highest BCUT2D eigenvalue weighted by Gasteiger charge is 2.13. The number of nitrogens with zero attached hydrogens (tertiary/aromatic N) is 6. The highest BCUT2D eigenvalue weighted by atomic mass is 16.5. The Labute approximate surface area is 174 Å². The number of ether oxygens (including phenoxy) is 1. The van der Waals surface area contributed by atoms with Crippen LogP contribution in [0.15, 0.2) is 55.0 Å². The van der Waals surface area contributed by atoms with E-state index < -0.39 is 0 Å². The third kappa shape index (κ3) is 3.87. The summed E-state index contributed by atoms with van der Waals surface area (Å²) in [7, 11) is 1.96. The minimum atomic E-state index is 0.549. The zero-order valence-corrected chi connectivity index (χ0v) is 16.8. The molecule has 8 heteroatoms. The molecule has 1 aromatic carbocycles. The van der Waals surface area contributed by atoms with Gasteiger partial charge in [-0.2, -0.15) is 4.98 Å². The second-order valence-electron chi connectivity index (χ2n) is 7.34. The summed E-state index contributed by atoms with van der Waals surface area (Å²) < 4.78 is 7.39. The van der Waals surface area contributed by atoms with E-state index in [0.717, 1.165) is 61.1 Å². The van der Waals surface area contributed by atoms with Gasteiger partial charge in [0.05, 0.1) is 19.4 Å².